The molecule has 0 radical (unpaired) electrons. The molecule has 0 aliphatic carbocycles. The van der Waals surface area contributed by atoms with Crippen LogP contribution < -0.4 is 4.90 Å². The molecule has 1 aromatic heterocycles. The molecule has 2 aromatic carbocycles. The van der Waals surface area contributed by atoms with Gasteiger partial charge in [-0.15, -0.1) is 0 Å². The predicted octanol–water partition coefficient (Wildman–Crippen LogP) is 2.80. The average molecular weight is 427 g/mol. The first-order chi connectivity index (χ1) is 14.3. The zero-order chi connectivity index (χ0) is 21.5. The van der Waals surface area contributed by atoms with Gasteiger partial charge >= 0.3 is 6.09 Å². The molecule has 1 amide bonds. The summed E-state index contributed by atoms with van der Waals surface area (Å²) in [6.45, 7) is 3.47. The molecule has 1 aliphatic rings. The minimum atomic E-state index is -3.89. The Bertz CT molecular complexity index is 1220. The van der Waals surface area contributed by atoms with E-state index in [0.29, 0.717) is 43.4 Å². The van der Waals surface area contributed by atoms with Gasteiger partial charge in [-0.05, 0) is 31.2 Å². The lowest BCUT2D eigenvalue weighted by Crippen LogP contribution is -2.48. The fourth-order valence-corrected chi connectivity index (χ4v) is 5.15. The van der Waals surface area contributed by atoms with E-state index in [4.69, 9.17) is 5.11 Å². The fraction of sp³-hybridized carbons (Fsp3) is 0.238. The van der Waals surface area contributed by atoms with Crippen molar-refractivity contribution in [3.8, 4) is 0 Å². The normalized spacial score (nSPS) is 14.8. The number of fused-ring (bicyclic) bond motifs is 1. The highest BCUT2D eigenvalue weighted by Gasteiger charge is 2.26. The monoisotopic (exact) mass is 427 g/mol. The molecule has 1 N–H and O–H groups in total. The number of hydrogen-bond acceptors (Lipinski definition) is 5. The van der Waals surface area contributed by atoms with Crippen molar-refractivity contribution in [1.82, 2.24) is 8.87 Å². The SMILES string of the molecule is Cc1ccc(S(=O)(=O)n2cc(C=O)c3c(N4CCN(C(=O)O)CC4)cccc32)cc1. The van der Waals surface area contributed by atoms with E-state index in [1.165, 1.54) is 11.1 Å². The number of carboxylic acid groups (broad SMARTS) is 1. The summed E-state index contributed by atoms with van der Waals surface area (Å²) in [5.41, 5.74) is 2.35. The molecule has 1 fully saturated rings. The van der Waals surface area contributed by atoms with Gasteiger partial charge in [-0.1, -0.05) is 23.8 Å². The predicted molar refractivity (Wildman–Crippen MR) is 113 cm³/mol. The Morgan fingerprint density at radius 2 is 1.70 bits per heavy atom. The van der Waals surface area contributed by atoms with Crippen molar-refractivity contribution >= 4 is 39.0 Å². The Labute approximate surface area is 174 Å². The number of amides is 1. The molecule has 30 heavy (non-hydrogen) atoms. The summed E-state index contributed by atoms with van der Waals surface area (Å²) in [5, 5.41) is 9.71. The molecular formula is C21H21N3O5S. The van der Waals surface area contributed by atoms with Gasteiger partial charge in [0.1, 0.15) is 0 Å². The number of aromatic nitrogens is 1. The second-order valence-electron chi connectivity index (χ2n) is 7.24. The lowest BCUT2D eigenvalue weighted by Gasteiger charge is -2.35. The van der Waals surface area contributed by atoms with E-state index < -0.39 is 16.1 Å². The molecule has 0 bridgehead atoms. The first-order valence-corrected chi connectivity index (χ1v) is 10.9. The van der Waals surface area contributed by atoms with E-state index in [0.717, 1.165) is 15.2 Å². The molecule has 4 rings (SSSR count). The van der Waals surface area contributed by atoms with Gasteiger partial charge in [0.15, 0.2) is 6.29 Å². The van der Waals surface area contributed by atoms with Crippen LogP contribution in [0.2, 0.25) is 0 Å². The third kappa shape index (κ3) is 3.30. The van der Waals surface area contributed by atoms with Gasteiger partial charge < -0.3 is 14.9 Å². The van der Waals surface area contributed by atoms with Crippen molar-refractivity contribution in [2.75, 3.05) is 31.1 Å². The summed E-state index contributed by atoms with van der Waals surface area (Å²) in [6, 6.07) is 11.8. The van der Waals surface area contributed by atoms with Crippen molar-refractivity contribution in [1.29, 1.82) is 0 Å². The summed E-state index contributed by atoms with van der Waals surface area (Å²) in [7, 11) is -3.89. The van der Waals surface area contributed by atoms with Crippen LogP contribution in [0.15, 0.2) is 53.6 Å². The van der Waals surface area contributed by atoms with Crippen LogP contribution in [0.5, 0.6) is 0 Å². The van der Waals surface area contributed by atoms with Crippen molar-refractivity contribution in [2.45, 2.75) is 11.8 Å². The van der Waals surface area contributed by atoms with E-state index in [-0.39, 0.29) is 10.5 Å². The van der Waals surface area contributed by atoms with Gasteiger partial charge in [-0.25, -0.2) is 17.2 Å². The number of rotatable bonds is 4. The number of aryl methyl sites for hydroxylation is 1. The Morgan fingerprint density at radius 1 is 1.03 bits per heavy atom. The molecular weight excluding hydrogens is 406 g/mol. The quantitative estimate of drug-likeness (QED) is 0.643. The minimum Gasteiger partial charge on any atom is -0.465 e. The number of carbonyl (C=O) groups excluding carboxylic acids is 1. The lowest BCUT2D eigenvalue weighted by molar-refractivity contribution is 0.112. The van der Waals surface area contributed by atoms with Gasteiger partial charge in [0.2, 0.25) is 0 Å². The number of piperazine rings is 1. The van der Waals surface area contributed by atoms with E-state index in [1.807, 2.05) is 17.9 Å². The molecule has 0 spiro atoms. The molecule has 1 aliphatic heterocycles. The second-order valence-corrected chi connectivity index (χ2v) is 9.06. The second kappa shape index (κ2) is 7.49. The zero-order valence-electron chi connectivity index (χ0n) is 16.4. The van der Waals surface area contributed by atoms with Crippen molar-refractivity contribution in [3.05, 3.63) is 59.8 Å². The molecule has 9 heteroatoms. The van der Waals surface area contributed by atoms with Crippen molar-refractivity contribution in [2.24, 2.45) is 0 Å². The van der Waals surface area contributed by atoms with E-state index >= 15 is 0 Å². The number of nitrogens with zero attached hydrogens (tertiary/aromatic N) is 3. The van der Waals surface area contributed by atoms with Crippen LogP contribution in [0.4, 0.5) is 10.5 Å². The van der Waals surface area contributed by atoms with Crippen molar-refractivity contribution < 1.29 is 23.1 Å². The molecule has 0 unspecified atom stereocenters. The summed E-state index contributed by atoms with van der Waals surface area (Å²) in [6.07, 6.45) is 1.04. The fourth-order valence-electron chi connectivity index (χ4n) is 3.78. The third-order valence-corrected chi connectivity index (χ3v) is 7.09. The van der Waals surface area contributed by atoms with Crippen LogP contribution in [-0.2, 0) is 10.0 Å². The number of carbonyl (C=O) groups is 2. The van der Waals surface area contributed by atoms with Gasteiger partial charge in [0.05, 0.1) is 10.4 Å². The average Bonchev–Trinajstić information content (AvgIpc) is 3.14. The molecule has 8 nitrogen and oxygen atoms in total. The first kappa shape index (κ1) is 20.0. The summed E-state index contributed by atoms with van der Waals surface area (Å²) in [5.74, 6) is 0. The highest BCUT2D eigenvalue weighted by molar-refractivity contribution is 7.90. The van der Waals surface area contributed by atoms with Gasteiger partial charge in [-0.3, -0.25) is 4.79 Å². The topological polar surface area (TPSA) is 99.9 Å². The highest BCUT2D eigenvalue weighted by Crippen LogP contribution is 2.33. The molecule has 156 valence electrons. The molecule has 0 atom stereocenters. The number of benzene rings is 2. The molecule has 0 saturated carbocycles. The summed E-state index contributed by atoms with van der Waals surface area (Å²) < 4.78 is 27.7. The number of aldehydes is 1. The van der Waals surface area contributed by atoms with Crippen LogP contribution in [0.25, 0.3) is 10.9 Å². The maximum absolute atomic E-state index is 13.3. The highest BCUT2D eigenvalue weighted by atomic mass is 32.2. The van der Waals surface area contributed by atoms with Crippen molar-refractivity contribution in [3.63, 3.8) is 0 Å². The van der Waals surface area contributed by atoms with E-state index in [9.17, 15) is 18.0 Å². The Kier molecular flexibility index (Phi) is 4.98. The van der Waals surface area contributed by atoms with Gasteiger partial charge in [-0.2, -0.15) is 0 Å². The standard InChI is InChI=1S/C21H21N3O5S/c1-15-5-7-17(8-6-15)30(28,29)24-13-16(14-25)20-18(3-2-4-19(20)24)22-9-11-23(12-10-22)21(26)27/h2-8,13-14H,9-12H2,1H3,(H,26,27). The van der Waals surface area contributed by atoms with Crippen LogP contribution in [0.3, 0.4) is 0 Å². The number of anilines is 1. The van der Waals surface area contributed by atoms with Crippen LogP contribution in [-0.4, -0.2) is 61.0 Å². The molecule has 2 heterocycles. The van der Waals surface area contributed by atoms with Crippen LogP contribution in [0, 0.1) is 6.92 Å². The third-order valence-electron chi connectivity index (χ3n) is 5.40. The van der Waals surface area contributed by atoms with Gasteiger partial charge in [0, 0.05) is 49.0 Å². The zero-order valence-corrected chi connectivity index (χ0v) is 17.2. The largest absolute Gasteiger partial charge is 0.465 e. The smallest absolute Gasteiger partial charge is 0.407 e. The Balaban J connectivity index is 1.82. The minimum absolute atomic E-state index is 0.142. The maximum atomic E-state index is 13.3. The molecule has 3 aromatic rings. The number of hydrogen-bond donors (Lipinski definition) is 1. The van der Waals surface area contributed by atoms with Gasteiger partial charge in [0.25, 0.3) is 10.0 Å². The maximum Gasteiger partial charge on any atom is 0.407 e. The first-order valence-electron chi connectivity index (χ1n) is 9.47. The van der Waals surface area contributed by atoms with E-state index in [1.54, 1.807) is 36.4 Å². The summed E-state index contributed by atoms with van der Waals surface area (Å²) >= 11 is 0. The van der Waals surface area contributed by atoms with Crippen LogP contribution >= 0.6 is 0 Å². The lowest BCUT2D eigenvalue weighted by atomic mass is 10.1. The van der Waals surface area contributed by atoms with E-state index in [2.05, 4.69) is 0 Å². The summed E-state index contributed by atoms with van der Waals surface area (Å²) in [4.78, 5) is 26.4. The molecule has 1 saturated heterocycles. The van der Waals surface area contributed by atoms with Crippen LogP contribution in [0.1, 0.15) is 15.9 Å². The Hall–Kier alpha value is -3.33. The Morgan fingerprint density at radius 3 is 2.30 bits per heavy atom.